The molecule has 2 heterocycles. The second-order valence-corrected chi connectivity index (χ2v) is 6.40. The molecule has 1 aliphatic heterocycles. The van der Waals surface area contributed by atoms with Crippen molar-refractivity contribution in [1.82, 2.24) is 19.4 Å². The molecule has 1 saturated carbocycles. The molecule has 6 nitrogen and oxygen atoms in total. The molecule has 0 spiro atoms. The molecule has 114 valence electrons. The Morgan fingerprint density at radius 1 is 1.29 bits per heavy atom. The van der Waals surface area contributed by atoms with Gasteiger partial charge in [-0.05, 0) is 19.3 Å². The first-order valence-corrected chi connectivity index (χ1v) is 7.49. The molecule has 3 rings (SSSR count). The van der Waals surface area contributed by atoms with Gasteiger partial charge in [0.15, 0.2) is 0 Å². The van der Waals surface area contributed by atoms with Crippen LogP contribution >= 0.6 is 0 Å². The lowest BCUT2D eigenvalue weighted by atomic mass is 10.1. The van der Waals surface area contributed by atoms with Crippen LogP contribution in [0.4, 0.5) is 0 Å². The zero-order chi connectivity index (χ0) is 15.3. The van der Waals surface area contributed by atoms with Gasteiger partial charge in [0, 0.05) is 39.3 Å². The molecule has 0 bridgehead atoms. The second-order valence-electron chi connectivity index (χ2n) is 6.40. The highest BCUT2D eigenvalue weighted by Gasteiger charge is 2.44. The summed E-state index contributed by atoms with van der Waals surface area (Å²) in [6.45, 7) is 5.52. The number of imidazole rings is 1. The van der Waals surface area contributed by atoms with Crippen molar-refractivity contribution in [2.24, 2.45) is 11.8 Å². The monoisotopic (exact) mass is 290 g/mol. The van der Waals surface area contributed by atoms with Gasteiger partial charge in [-0.3, -0.25) is 9.59 Å². The van der Waals surface area contributed by atoms with E-state index in [1.54, 1.807) is 20.3 Å². The van der Waals surface area contributed by atoms with Crippen LogP contribution in [0.15, 0.2) is 6.20 Å². The largest absolute Gasteiger partial charge is 0.343 e. The summed E-state index contributed by atoms with van der Waals surface area (Å²) < 4.78 is 2.00. The first kappa shape index (κ1) is 14.1. The Balaban J connectivity index is 1.83. The van der Waals surface area contributed by atoms with Crippen LogP contribution in [0.1, 0.15) is 42.6 Å². The zero-order valence-electron chi connectivity index (χ0n) is 13.0. The maximum Gasteiger partial charge on any atom is 0.273 e. The fourth-order valence-corrected chi connectivity index (χ4v) is 3.00. The summed E-state index contributed by atoms with van der Waals surface area (Å²) in [4.78, 5) is 32.4. The van der Waals surface area contributed by atoms with Gasteiger partial charge in [0.05, 0.1) is 6.04 Å². The lowest BCUT2D eigenvalue weighted by Crippen LogP contribution is -2.42. The van der Waals surface area contributed by atoms with Crippen LogP contribution in [-0.4, -0.2) is 51.8 Å². The maximum absolute atomic E-state index is 12.5. The molecule has 1 aromatic rings. The van der Waals surface area contributed by atoms with E-state index in [9.17, 15) is 9.59 Å². The first-order chi connectivity index (χ1) is 9.90. The zero-order valence-corrected chi connectivity index (χ0v) is 13.0. The fourth-order valence-electron chi connectivity index (χ4n) is 3.00. The molecule has 2 aliphatic rings. The van der Waals surface area contributed by atoms with E-state index >= 15 is 0 Å². The van der Waals surface area contributed by atoms with Gasteiger partial charge in [0.1, 0.15) is 11.5 Å². The van der Waals surface area contributed by atoms with E-state index in [1.165, 1.54) is 4.90 Å². The highest BCUT2D eigenvalue weighted by Crippen LogP contribution is 2.41. The molecule has 1 fully saturated rings. The van der Waals surface area contributed by atoms with Crippen molar-refractivity contribution in [2.75, 3.05) is 20.6 Å². The standard InChI is InChI=1S/C15H22N4O2/c1-9-7-11(9)14(20)19-6-5-18-8-12(15(21)17(3)4)16-13(18)10(19)2/h8-11H,5-7H2,1-4H3/t9-,10+,11+/m1/s1. The van der Waals surface area contributed by atoms with E-state index in [0.717, 1.165) is 12.2 Å². The van der Waals surface area contributed by atoms with Crippen LogP contribution in [-0.2, 0) is 11.3 Å². The minimum absolute atomic E-state index is 0.0669. The van der Waals surface area contributed by atoms with Crippen molar-refractivity contribution < 1.29 is 9.59 Å². The molecule has 0 N–H and O–H groups in total. The third-order valence-electron chi connectivity index (χ3n) is 4.57. The molecular formula is C15H22N4O2. The molecule has 0 radical (unpaired) electrons. The molecule has 1 aliphatic carbocycles. The Morgan fingerprint density at radius 2 is 1.95 bits per heavy atom. The average molecular weight is 290 g/mol. The first-order valence-electron chi connectivity index (χ1n) is 7.49. The molecule has 6 heteroatoms. The summed E-state index contributed by atoms with van der Waals surface area (Å²) in [7, 11) is 3.43. The number of amides is 2. The predicted molar refractivity (Wildman–Crippen MR) is 77.6 cm³/mol. The van der Waals surface area contributed by atoms with Gasteiger partial charge < -0.3 is 14.4 Å². The van der Waals surface area contributed by atoms with Crippen molar-refractivity contribution in [1.29, 1.82) is 0 Å². The van der Waals surface area contributed by atoms with Crippen LogP contribution in [0, 0.1) is 11.8 Å². The van der Waals surface area contributed by atoms with Gasteiger partial charge in [-0.15, -0.1) is 0 Å². The lowest BCUT2D eigenvalue weighted by molar-refractivity contribution is -0.136. The van der Waals surface area contributed by atoms with Crippen LogP contribution in [0.3, 0.4) is 0 Å². The Kier molecular flexibility index (Phi) is 3.26. The summed E-state index contributed by atoms with van der Waals surface area (Å²) in [5.41, 5.74) is 0.455. The Morgan fingerprint density at radius 3 is 2.52 bits per heavy atom. The second kappa shape index (κ2) is 4.86. The third kappa shape index (κ3) is 2.32. The van der Waals surface area contributed by atoms with E-state index in [1.807, 2.05) is 16.4 Å². The molecule has 0 saturated heterocycles. The smallest absolute Gasteiger partial charge is 0.273 e. The predicted octanol–water partition coefficient (Wildman–Crippen LogP) is 1.14. The van der Waals surface area contributed by atoms with Crippen LogP contribution in [0.5, 0.6) is 0 Å². The van der Waals surface area contributed by atoms with Crippen LogP contribution in [0.2, 0.25) is 0 Å². The van der Waals surface area contributed by atoms with Crippen molar-refractivity contribution in [3.8, 4) is 0 Å². The van der Waals surface area contributed by atoms with Crippen molar-refractivity contribution >= 4 is 11.8 Å². The van der Waals surface area contributed by atoms with E-state index < -0.39 is 0 Å². The molecule has 2 amide bonds. The normalized spacial score (nSPS) is 27.2. The summed E-state index contributed by atoms with van der Waals surface area (Å²) in [5.74, 6) is 1.66. The van der Waals surface area contributed by atoms with Crippen molar-refractivity contribution in [3.05, 3.63) is 17.7 Å². The minimum atomic E-state index is -0.0993. The number of aromatic nitrogens is 2. The maximum atomic E-state index is 12.5. The Labute approximate surface area is 124 Å². The molecule has 0 aromatic carbocycles. The highest BCUT2D eigenvalue weighted by molar-refractivity contribution is 5.91. The van der Waals surface area contributed by atoms with Gasteiger partial charge in [0.25, 0.3) is 5.91 Å². The van der Waals surface area contributed by atoms with Gasteiger partial charge in [-0.1, -0.05) is 6.92 Å². The Bertz CT molecular complexity index is 592. The van der Waals surface area contributed by atoms with Crippen molar-refractivity contribution in [2.45, 2.75) is 32.9 Å². The van der Waals surface area contributed by atoms with E-state index in [4.69, 9.17) is 0 Å². The van der Waals surface area contributed by atoms with Gasteiger partial charge in [0.2, 0.25) is 5.91 Å². The van der Waals surface area contributed by atoms with Crippen LogP contribution in [0.25, 0.3) is 0 Å². The molecular weight excluding hydrogens is 268 g/mol. The number of hydrogen-bond acceptors (Lipinski definition) is 3. The summed E-state index contributed by atoms with van der Waals surface area (Å²) in [5, 5.41) is 0. The summed E-state index contributed by atoms with van der Waals surface area (Å²) >= 11 is 0. The van der Waals surface area contributed by atoms with Gasteiger partial charge >= 0.3 is 0 Å². The topological polar surface area (TPSA) is 58.4 Å². The quantitative estimate of drug-likeness (QED) is 0.821. The molecule has 21 heavy (non-hydrogen) atoms. The number of rotatable bonds is 2. The number of carbonyl (C=O) groups is 2. The number of fused-ring (bicyclic) bond motifs is 1. The molecule has 3 atom stereocenters. The number of hydrogen-bond donors (Lipinski definition) is 0. The third-order valence-corrected chi connectivity index (χ3v) is 4.57. The van der Waals surface area contributed by atoms with Gasteiger partial charge in [-0.25, -0.2) is 4.98 Å². The number of nitrogens with zero attached hydrogens (tertiary/aromatic N) is 4. The average Bonchev–Trinajstić information content (AvgIpc) is 3.01. The molecule has 0 unspecified atom stereocenters. The van der Waals surface area contributed by atoms with E-state index in [2.05, 4.69) is 11.9 Å². The number of carbonyl (C=O) groups excluding carboxylic acids is 2. The minimum Gasteiger partial charge on any atom is -0.343 e. The summed E-state index contributed by atoms with van der Waals surface area (Å²) in [6, 6.07) is -0.0669. The van der Waals surface area contributed by atoms with E-state index in [-0.39, 0.29) is 23.8 Å². The fraction of sp³-hybridized carbons (Fsp3) is 0.667. The van der Waals surface area contributed by atoms with Gasteiger partial charge in [-0.2, -0.15) is 0 Å². The van der Waals surface area contributed by atoms with Crippen LogP contribution < -0.4 is 0 Å². The van der Waals surface area contributed by atoms with E-state index in [0.29, 0.717) is 24.7 Å². The Hall–Kier alpha value is -1.85. The SMILES string of the molecule is C[C@@H]1C[C@@H]1C(=O)N1CCn2cc(C(=O)N(C)C)nc2[C@@H]1C. The summed E-state index contributed by atoms with van der Waals surface area (Å²) in [6.07, 6.45) is 2.80. The lowest BCUT2D eigenvalue weighted by Gasteiger charge is -2.34. The highest BCUT2D eigenvalue weighted by atomic mass is 16.2. The molecule has 1 aromatic heterocycles. The van der Waals surface area contributed by atoms with Crippen molar-refractivity contribution in [3.63, 3.8) is 0 Å².